The van der Waals surface area contributed by atoms with Crippen molar-refractivity contribution in [2.24, 2.45) is 0 Å². The summed E-state index contributed by atoms with van der Waals surface area (Å²) in [5, 5.41) is 3.01. The molecule has 0 fully saturated rings. The number of carbonyl (C=O) groups excluding carboxylic acids is 1. The molecule has 29 heavy (non-hydrogen) atoms. The second-order valence-corrected chi connectivity index (χ2v) is 8.39. The topological polar surface area (TPSA) is 88.2 Å². The molecule has 2 N–H and O–H groups in total. The third-order valence-corrected chi connectivity index (χ3v) is 5.95. The number of aryl methyl sites for hydroxylation is 1. The van der Waals surface area contributed by atoms with Gasteiger partial charge in [-0.3, -0.25) is 14.5 Å². The Kier molecular flexibility index (Phi) is 6.29. The lowest BCUT2D eigenvalue weighted by Gasteiger charge is -2.18. The van der Waals surface area contributed by atoms with E-state index in [0.717, 1.165) is 17.5 Å². The fraction of sp³-hybridized carbons (Fsp3) is 0.182. The number of pyridine rings is 1. The van der Waals surface area contributed by atoms with Crippen molar-refractivity contribution in [3.8, 4) is 0 Å². The summed E-state index contributed by atoms with van der Waals surface area (Å²) in [6.07, 6.45) is 3.75. The lowest BCUT2D eigenvalue weighted by Crippen LogP contribution is -2.28. The zero-order valence-corrected chi connectivity index (χ0v) is 17.1. The SMILES string of the molecule is CC[C@@H](NC(=O)c1ccc(S(=O)(=O)Nc2ccncc2)cc1)c1ccc(C)cc1. The van der Waals surface area contributed by atoms with E-state index in [0.29, 0.717) is 11.3 Å². The van der Waals surface area contributed by atoms with E-state index in [2.05, 4.69) is 15.0 Å². The van der Waals surface area contributed by atoms with Crippen molar-refractivity contribution >= 4 is 21.6 Å². The smallest absolute Gasteiger partial charge is 0.261 e. The van der Waals surface area contributed by atoms with Crippen LogP contribution in [0.4, 0.5) is 5.69 Å². The third-order valence-electron chi connectivity index (χ3n) is 4.55. The van der Waals surface area contributed by atoms with Crippen LogP contribution in [-0.4, -0.2) is 19.3 Å². The van der Waals surface area contributed by atoms with Crippen LogP contribution in [0.15, 0.2) is 78.0 Å². The number of carbonyl (C=O) groups is 1. The molecule has 0 aliphatic rings. The third kappa shape index (κ3) is 5.20. The number of aromatic nitrogens is 1. The molecule has 0 saturated heterocycles. The van der Waals surface area contributed by atoms with Gasteiger partial charge in [0.15, 0.2) is 0 Å². The molecule has 0 bridgehead atoms. The first kappa shape index (κ1) is 20.5. The van der Waals surface area contributed by atoms with Crippen LogP contribution in [0.2, 0.25) is 0 Å². The Morgan fingerprint density at radius 1 is 0.966 bits per heavy atom. The summed E-state index contributed by atoms with van der Waals surface area (Å²) in [4.78, 5) is 16.6. The van der Waals surface area contributed by atoms with Crippen molar-refractivity contribution < 1.29 is 13.2 Å². The molecule has 1 atom stereocenters. The average Bonchev–Trinajstić information content (AvgIpc) is 2.73. The minimum absolute atomic E-state index is 0.0800. The molecule has 0 spiro atoms. The highest BCUT2D eigenvalue weighted by Gasteiger charge is 2.17. The second-order valence-electron chi connectivity index (χ2n) is 6.71. The quantitative estimate of drug-likeness (QED) is 0.616. The van der Waals surface area contributed by atoms with Gasteiger partial charge in [-0.15, -0.1) is 0 Å². The minimum Gasteiger partial charge on any atom is -0.345 e. The number of nitrogens with zero attached hydrogens (tertiary/aromatic N) is 1. The van der Waals surface area contributed by atoms with Gasteiger partial charge in [0.2, 0.25) is 0 Å². The van der Waals surface area contributed by atoms with Gasteiger partial charge in [-0.2, -0.15) is 0 Å². The van der Waals surface area contributed by atoms with E-state index < -0.39 is 10.0 Å². The number of rotatable bonds is 7. The fourth-order valence-electron chi connectivity index (χ4n) is 2.88. The van der Waals surface area contributed by atoms with Gasteiger partial charge in [-0.1, -0.05) is 36.8 Å². The Morgan fingerprint density at radius 2 is 1.59 bits per heavy atom. The van der Waals surface area contributed by atoms with Crippen molar-refractivity contribution in [2.75, 3.05) is 4.72 Å². The predicted octanol–water partition coefficient (Wildman–Crippen LogP) is 4.07. The first-order valence-corrected chi connectivity index (χ1v) is 10.8. The lowest BCUT2D eigenvalue weighted by molar-refractivity contribution is 0.0935. The molecule has 0 aliphatic carbocycles. The summed E-state index contributed by atoms with van der Waals surface area (Å²) in [6.45, 7) is 4.02. The molecule has 7 heteroatoms. The first-order valence-electron chi connectivity index (χ1n) is 9.29. The Bertz CT molecular complexity index is 1060. The maximum Gasteiger partial charge on any atom is 0.261 e. The van der Waals surface area contributed by atoms with Gasteiger partial charge in [0.1, 0.15) is 0 Å². The zero-order valence-electron chi connectivity index (χ0n) is 16.3. The molecule has 2 aromatic carbocycles. The monoisotopic (exact) mass is 409 g/mol. The van der Waals surface area contributed by atoms with Gasteiger partial charge in [0.05, 0.1) is 16.6 Å². The summed E-state index contributed by atoms with van der Waals surface area (Å²) in [5.41, 5.74) is 3.02. The summed E-state index contributed by atoms with van der Waals surface area (Å²) < 4.78 is 27.5. The number of amides is 1. The predicted molar refractivity (Wildman–Crippen MR) is 113 cm³/mol. The van der Waals surface area contributed by atoms with E-state index in [1.165, 1.54) is 36.7 Å². The van der Waals surface area contributed by atoms with Crippen LogP contribution < -0.4 is 10.0 Å². The highest BCUT2D eigenvalue weighted by atomic mass is 32.2. The summed E-state index contributed by atoms with van der Waals surface area (Å²) >= 11 is 0. The first-order chi connectivity index (χ1) is 13.9. The van der Waals surface area contributed by atoms with Crippen molar-refractivity contribution in [2.45, 2.75) is 31.2 Å². The van der Waals surface area contributed by atoms with E-state index in [4.69, 9.17) is 0 Å². The van der Waals surface area contributed by atoms with Crippen LogP contribution >= 0.6 is 0 Å². The maximum atomic E-state index is 12.6. The molecule has 3 aromatic rings. The van der Waals surface area contributed by atoms with Crippen molar-refractivity contribution in [3.05, 3.63) is 89.7 Å². The molecule has 0 unspecified atom stereocenters. The second kappa shape index (κ2) is 8.87. The van der Waals surface area contributed by atoms with Crippen LogP contribution in [0.3, 0.4) is 0 Å². The number of nitrogens with one attached hydrogen (secondary N) is 2. The fourth-order valence-corrected chi connectivity index (χ4v) is 3.94. The van der Waals surface area contributed by atoms with Gasteiger partial charge in [-0.05, 0) is 55.3 Å². The Labute approximate surface area is 171 Å². The van der Waals surface area contributed by atoms with Gasteiger partial charge in [-0.25, -0.2) is 8.42 Å². The average molecular weight is 410 g/mol. The van der Waals surface area contributed by atoms with E-state index in [1.807, 2.05) is 38.1 Å². The molecule has 3 rings (SSSR count). The van der Waals surface area contributed by atoms with Gasteiger partial charge < -0.3 is 5.32 Å². The molecule has 0 saturated carbocycles. The lowest BCUT2D eigenvalue weighted by atomic mass is 10.0. The van der Waals surface area contributed by atoms with Crippen LogP contribution in [0, 0.1) is 6.92 Å². The molecule has 1 heterocycles. The highest BCUT2D eigenvalue weighted by molar-refractivity contribution is 7.92. The number of hydrogen-bond donors (Lipinski definition) is 2. The Morgan fingerprint density at radius 3 is 2.17 bits per heavy atom. The number of anilines is 1. The van der Waals surface area contributed by atoms with Crippen LogP contribution in [0.1, 0.15) is 40.9 Å². The van der Waals surface area contributed by atoms with Crippen molar-refractivity contribution in [1.29, 1.82) is 0 Å². The van der Waals surface area contributed by atoms with Gasteiger partial charge >= 0.3 is 0 Å². The molecule has 1 aromatic heterocycles. The molecule has 0 aliphatic heterocycles. The normalized spacial score (nSPS) is 12.2. The molecule has 0 radical (unpaired) electrons. The minimum atomic E-state index is -3.74. The standard InChI is InChI=1S/C22H23N3O3S/c1-3-21(17-6-4-16(2)5-7-17)24-22(26)18-8-10-20(11-9-18)29(27,28)25-19-12-14-23-15-13-19/h4-15,21H,3H2,1-2H3,(H,23,25)(H,24,26)/t21-/m1/s1. The van der Waals surface area contributed by atoms with Crippen molar-refractivity contribution in [1.82, 2.24) is 10.3 Å². The van der Waals surface area contributed by atoms with Crippen LogP contribution in [0.25, 0.3) is 0 Å². The van der Waals surface area contributed by atoms with Crippen molar-refractivity contribution in [3.63, 3.8) is 0 Å². The van der Waals surface area contributed by atoms with Gasteiger partial charge in [0, 0.05) is 18.0 Å². The van der Waals surface area contributed by atoms with Crippen LogP contribution in [-0.2, 0) is 10.0 Å². The van der Waals surface area contributed by atoms with E-state index >= 15 is 0 Å². The molecular weight excluding hydrogens is 386 g/mol. The Balaban J connectivity index is 1.71. The maximum absolute atomic E-state index is 12.6. The number of hydrogen-bond acceptors (Lipinski definition) is 4. The van der Waals surface area contributed by atoms with E-state index in [1.54, 1.807) is 12.1 Å². The zero-order chi connectivity index (χ0) is 20.9. The summed E-state index contributed by atoms with van der Waals surface area (Å²) in [5.74, 6) is -0.247. The largest absolute Gasteiger partial charge is 0.345 e. The van der Waals surface area contributed by atoms with Gasteiger partial charge in [0.25, 0.3) is 15.9 Å². The molecular formula is C22H23N3O3S. The number of benzene rings is 2. The number of sulfonamides is 1. The van der Waals surface area contributed by atoms with Crippen LogP contribution in [0.5, 0.6) is 0 Å². The van der Waals surface area contributed by atoms with E-state index in [-0.39, 0.29) is 16.8 Å². The molecule has 150 valence electrons. The molecule has 1 amide bonds. The summed E-state index contributed by atoms with van der Waals surface area (Å²) in [6, 6.07) is 16.9. The Hall–Kier alpha value is -3.19. The molecule has 6 nitrogen and oxygen atoms in total. The van der Waals surface area contributed by atoms with E-state index in [9.17, 15) is 13.2 Å². The summed E-state index contributed by atoms with van der Waals surface area (Å²) in [7, 11) is -3.74. The highest BCUT2D eigenvalue weighted by Crippen LogP contribution is 2.19.